The van der Waals surface area contributed by atoms with Gasteiger partial charge >= 0.3 is 6.72 Å². The van der Waals surface area contributed by atoms with Gasteiger partial charge in [0.2, 0.25) is 0 Å². The van der Waals surface area contributed by atoms with Crippen molar-refractivity contribution in [3.63, 3.8) is 0 Å². The van der Waals surface area contributed by atoms with Gasteiger partial charge in [-0.05, 0) is 17.7 Å². The van der Waals surface area contributed by atoms with Crippen LogP contribution in [-0.2, 0) is 8.64 Å². The molecule has 0 aromatic carbocycles. The molecule has 1 unspecified atom stereocenters. The van der Waals surface area contributed by atoms with Crippen molar-refractivity contribution in [3.8, 4) is 0 Å². The molecule has 0 saturated heterocycles. The zero-order valence-electron chi connectivity index (χ0n) is 7.97. The Labute approximate surface area is 90.4 Å². The summed E-state index contributed by atoms with van der Waals surface area (Å²) in [5.74, 6) is 0. The molecule has 0 aliphatic rings. The fourth-order valence-corrected chi connectivity index (χ4v) is 2.35. The first-order valence-corrected chi connectivity index (χ1v) is 7.74. The summed E-state index contributed by atoms with van der Waals surface area (Å²) in [6.45, 7) is -0.816. The van der Waals surface area contributed by atoms with E-state index in [2.05, 4.69) is 11.0 Å². The molecule has 1 atom stereocenters. The molecule has 0 aliphatic heterocycles. The molecular weight excluding hydrogens is 230 g/mol. The summed E-state index contributed by atoms with van der Waals surface area (Å²) in [5.41, 5.74) is 0. The van der Waals surface area contributed by atoms with E-state index in [4.69, 9.17) is 23.1 Å². The van der Waals surface area contributed by atoms with Gasteiger partial charge in [0.1, 0.15) is 0 Å². The molecule has 0 fully saturated rings. The zero-order valence-corrected chi connectivity index (χ0v) is 10.4. The maximum Gasteiger partial charge on any atom is 0.306 e. The molecule has 0 spiro atoms. The molecule has 0 N–H and O–H groups in total. The van der Waals surface area contributed by atoms with Crippen LogP contribution in [0.5, 0.6) is 0 Å². The Morgan fingerprint density at radius 3 is 2.23 bits per heavy atom. The maximum atomic E-state index is 11.1. The van der Waals surface area contributed by atoms with Gasteiger partial charge in [-0.2, -0.15) is 0 Å². The van der Waals surface area contributed by atoms with Crippen LogP contribution in [0.1, 0.15) is 45.4 Å². The molecule has 0 aromatic heterocycles. The lowest BCUT2D eigenvalue weighted by molar-refractivity contribution is 0.514. The van der Waals surface area contributed by atoms with Crippen LogP contribution in [0.25, 0.3) is 0 Å². The first kappa shape index (κ1) is 13.8. The highest BCUT2D eigenvalue weighted by molar-refractivity contribution is 7.85. The van der Waals surface area contributed by atoms with E-state index in [0.29, 0.717) is 6.16 Å². The van der Waals surface area contributed by atoms with Crippen LogP contribution < -0.4 is 0 Å². The second-order valence-corrected chi connectivity index (χ2v) is 6.88. The Hall–Kier alpha value is 0.770. The number of unbranched alkanes of at least 4 members (excludes halogenated alkanes) is 5. The summed E-state index contributed by atoms with van der Waals surface area (Å²) >= 11 is 10.4. The SMILES string of the molecule is CCCCCCCCP(=O)(Cl)OCl. The van der Waals surface area contributed by atoms with Crippen LogP contribution in [0.4, 0.5) is 0 Å². The Bertz CT molecular complexity index is 164. The predicted octanol–water partition coefficient (Wildman–Crippen LogP) is 4.95. The number of halogens is 2. The van der Waals surface area contributed by atoms with Gasteiger partial charge in [-0.1, -0.05) is 39.0 Å². The zero-order chi connectivity index (χ0) is 10.2. The van der Waals surface area contributed by atoms with Crippen molar-refractivity contribution >= 4 is 29.8 Å². The third kappa shape index (κ3) is 9.08. The van der Waals surface area contributed by atoms with Crippen molar-refractivity contribution in [2.45, 2.75) is 45.4 Å². The van der Waals surface area contributed by atoms with E-state index < -0.39 is 6.72 Å². The molecule has 0 aromatic rings. The number of rotatable bonds is 8. The third-order valence-electron chi connectivity index (χ3n) is 1.88. The van der Waals surface area contributed by atoms with Gasteiger partial charge < -0.3 is 0 Å². The van der Waals surface area contributed by atoms with Crippen LogP contribution in [0.15, 0.2) is 0 Å². The Kier molecular flexibility index (Phi) is 8.59. The van der Waals surface area contributed by atoms with E-state index in [0.717, 1.165) is 12.8 Å². The monoisotopic (exact) mass is 246 g/mol. The van der Waals surface area contributed by atoms with Crippen LogP contribution >= 0.6 is 29.8 Å². The number of hydrogen-bond acceptors (Lipinski definition) is 2. The van der Waals surface area contributed by atoms with E-state index in [1.807, 2.05) is 0 Å². The summed E-state index contributed by atoms with van der Waals surface area (Å²) in [5, 5.41) is 0. The average molecular weight is 247 g/mol. The molecule has 0 rings (SSSR count). The summed E-state index contributed by atoms with van der Waals surface area (Å²) in [6, 6.07) is 0. The van der Waals surface area contributed by atoms with Gasteiger partial charge in [0, 0.05) is 6.16 Å². The van der Waals surface area contributed by atoms with E-state index in [9.17, 15) is 4.57 Å². The van der Waals surface area contributed by atoms with Gasteiger partial charge in [0.05, 0.1) is 11.9 Å². The molecule has 5 heteroatoms. The third-order valence-corrected chi connectivity index (χ3v) is 4.53. The van der Waals surface area contributed by atoms with Crippen molar-refractivity contribution in [2.75, 3.05) is 6.16 Å². The summed E-state index contributed by atoms with van der Waals surface area (Å²) in [4.78, 5) is 0. The maximum absolute atomic E-state index is 11.1. The lowest BCUT2D eigenvalue weighted by Gasteiger charge is -2.04. The van der Waals surface area contributed by atoms with Crippen LogP contribution in [0.3, 0.4) is 0 Å². The van der Waals surface area contributed by atoms with E-state index in [1.54, 1.807) is 0 Å². The summed E-state index contributed by atoms with van der Waals surface area (Å²) < 4.78 is 15.2. The Balaban J connectivity index is 3.21. The minimum atomic E-state index is -2.99. The minimum Gasteiger partial charge on any atom is -0.274 e. The molecule has 13 heavy (non-hydrogen) atoms. The molecule has 0 aliphatic carbocycles. The second-order valence-electron chi connectivity index (χ2n) is 3.15. The summed E-state index contributed by atoms with van der Waals surface area (Å²) in [6.07, 6.45) is 7.18. The topological polar surface area (TPSA) is 26.3 Å². The van der Waals surface area contributed by atoms with E-state index >= 15 is 0 Å². The van der Waals surface area contributed by atoms with Crippen molar-refractivity contribution in [3.05, 3.63) is 0 Å². The largest absolute Gasteiger partial charge is 0.306 e. The molecular formula is C8H17Cl2O2P. The number of hydrogen-bond donors (Lipinski definition) is 0. The van der Waals surface area contributed by atoms with Gasteiger partial charge in [0.15, 0.2) is 0 Å². The summed E-state index contributed by atoms with van der Waals surface area (Å²) in [7, 11) is 0. The fraction of sp³-hybridized carbons (Fsp3) is 1.00. The Morgan fingerprint density at radius 2 is 1.69 bits per heavy atom. The normalized spacial score (nSPS) is 15.6. The van der Waals surface area contributed by atoms with Gasteiger partial charge in [-0.3, -0.25) is 4.57 Å². The van der Waals surface area contributed by atoms with Crippen molar-refractivity contribution in [2.24, 2.45) is 0 Å². The quantitative estimate of drug-likeness (QED) is 0.448. The lowest BCUT2D eigenvalue weighted by Crippen LogP contribution is -1.85. The Morgan fingerprint density at radius 1 is 1.15 bits per heavy atom. The second kappa shape index (κ2) is 8.11. The molecule has 0 radical (unpaired) electrons. The first-order valence-electron chi connectivity index (χ1n) is 4.71. The molecule has 2 nitrogen and oxygen atoms in total. The lowest BCUT2D eigenvalue weighted by atomic mass is 10.1. The first-order chi connectivity index (χ1) is 6.12. The average Bonchev–Trinajstić information content (AvgIpc) is 2.11. The van der Waals surface area contributed by atoms with Crippen molar-refractivity contribution in [1.29, 1.82) is 0 Å². The smallest absolute Gasteiger partial charge is 0.274 e. The standard InChI is InChI=1S/C8H17Cl2O2P/c1-2-3-4-5-6-7-8-13(10,11)12-9/h2-8H2,1H3. The highest BCUT2D eigenvalue weighted by Gasteiger charge is 2.17. The van der Waals surface area contributed by atoms with Crippen LogP contribution in [0.2, 0.25) is 0 Å². The molecule has 0 bridgehead atoms. The van der Waals surface area contributed by atoms with Crippen LogP contribution in [0, 0.1) is 0 Å². The highest BCUT2D eigenvalue weighted by Crippen LogP contribution is 2.54. The van der Waals surface area contributed by atoms with Crippen molar-refractivity contribution in [1.82, 2.24) is 0 Å². The molecule has 80 valence electrons. The molecule has 0 saturated carbocycles. The molecule has 0 amide bonds. The van der Waals surface area contributed by atoms with Gasteiger partial charge in [-0.25, -0.2) is 4.08 Å². The van der Waals surface area contributed by atoms with Gasteiger partial charge in [-0.15, -0.1) is 0 Å². The predicted molar refractivity (Wildman–Crippen MR) is 58.6 cm³/mol. The van der Waals surface area contributed by atoms with Gasteiger partial charge in [0.25, 0.3) is 0 Å². The van der Waals surface area contributed by atoms with Crippen LogP contribution in [-0.4, -0.2) is 6.16 Å². The van der Waals surface area contributed by atoms with Crippen molar-refractivity contribution < 1.29 is 8.64 Å². The fourth-order valence-electron chi connectivity index (χ4n) is 1.12. The minimum absolute atomic E-state index is 0.379. The van der Waals surface area contributed by atoms with E-state index in [1.165, 1.54) is 25.7 Å². The molecule has 0 heterocycles. The van der Waals surface area contributed by atoms with E-state index in [-0.39, 0.29) is 0 Å². The highest BCUT2D eigenvalue weighted by atomic mass is 35.7.